The van der Waals surface area contributed by atoms with Gasteiger partial charge in [0.15, 0.2) is 0 Å². The maximum absolute atomic E-state index is 5.91. The minimum atomic E-state index is 0.192. The lowest BCUT2D eigenvalue weighted by Crippen LogP contribution is -2.29. The van der Waals surface area contributed by atoms with E-state index >= 15 is 0 Å². The molecule has 3 heteroatoms. The molecule has 0 saturated carbocycles. The van der Waals surface area contributed by atoms with Gasteiger partial charge < -0.3 is 14.8 Å². The summed E-state index contributed by atoms with van der Waals surface area (Å²) in [5.74, 6) is 2.70. The topological polar surface area (TPSA) is 30.5 Å². The van der Waals surface area contributed by atoms with Gasteiger partial charge in [0.05, 0.1) is 18.8 Å². The number of benzene rings is 2. The highest BCUT2D eigenvalue weighted by atomic mass is 16.5. The van der Waals surface area contributed by atoms with Gasteiger partial charge in [-0.2, -0.15) is 0 Å². The number of allylic oxidation sites excluding steroid dienone is 2. The van der Waals surface area contributed by atoms with Gasteiger partial charge in [0.1, 0.15) is 18.1 Å². The Bertz CT molecular complexity index is 811. The molecule has 128 valence electrons. The smallest absolute Gasteiger partial charge is 0.143 e. The van der Waals surface area contributed by atoms with Crippen LogP contribution in [0.15, 0.2) is 67.3 Å². The SMILES string of the molecule is C=CCOc1cccc2c1NC(c1ccccc1OC)C1CC=CC21. The van der Waals surface area contributed by atoms with Crippen LogP contribution < -0.4 is 14.8 Å². The van der Waals surface area contributed by atoms with E-state index in [1.807, 2.05) is 18.2 Å². The van der Waals surface area contributed by atoms with Crippen molar-refractivity contribution in [2.45, 2.75) is 18.4 Å². The number of fused-ring (bicyclic) bond motifs is 3. The van der Waals surface area contributed by atoms with Gasteiger partial charge in [-0.3, -0.25) is 0 Å². The fourth-order valence-corrected chi connectivity index (χ4v) is 4.09. The molecule has 3 atom stereocenters. The lowest BCUT2D eigenvalue weighted by atomic mass is 9.76. The largest absolute Gasteiger partial charge is 0.496 e. The molecule has 1 N–H and O–H groups in total. The molecule has 3 unspecified atom stereocenters. The number of anilines is 1. The van der Waals surface area contributed by atoms with Gasteiger partial charge >= 0.3 is 0 Å². The van der Waals surface area contributed by atoms with Crippen molar-refractivity contribution in [1.29, 1.82) is 0 Å². The maximum atomic E-state index is 5.91. The van der Waals surface area contributed by atoms with Gasteiger partial charge in [-0.25, -0.2) is 0 Å². The highest BCUT2D eigenvalue weighted by molar-refractivity contribution is 5.68. The molecule has 4 rings (SSSR count). The molecule has 3 nitrogen and oxygen atoms in total. The quantitative estimate of drug-likeness (QED) is 0.773. The van der Waals surface area contributed by atoms with Gasteiger partial charge in [0.2, 0.25) is 0 Å². The number of para-hydroxylation sites is 2. The molecule has 1 aliphatic carbocycles. The highest BCUT2D eigenvalue weighted by Crippen LogP contribution is 2.53. The Morgan fingerprint density at radius 2 is 1.92 bits per heavy atom. The van der Waals surface area contributed by atoms with Crippen LogP contribution in [0.4, 0.5) is 5.69 Å². The van der Waals surface area contributed by atoms with E-state index in [-0.39, 0.29) is 6.04 Å². The van der Waals surface area contributed by atoms with E-state index in [4.69, 9.17) is 9.47 Å². The minimum Gasteiger partial charge on any atom is -0.496 e. The third kappa shape index (κ3) is 2.70. The van der Waals surface area contributed by atoms with Crippen molar-refractivity contribution in [3.05, 3.63) is 78.4 Å². The first-order chi connectivity index (χ1) is 12.3. The van der Waals surface area contributed by atoms with Crippen molar-refractivity contribution in [2.75, 3.05) is 19.0 Å². The standard InChI is InChI=1S/C22H23NO2/c1-3-14-25-20-13-7-11-17-15-9-6-10-16(15)21(23-22(17)20)18-8-4-5-12-19(18)24-2/h3-9,11-13,15-16,21,23H,1,10,14H2,2H3. The summed E-state index contributed by atoms with van der Waals surface area (Å²) in [6, 6.07) is 14.8. The van der Waals surface area contributed by atoms with Crippen LogP contribution in [0.25, 0.3) is 0 Å². The summed E-state index contributed by atoms with van der Waals surface area (Å²) in [6.45, 7) is 4.25. The van der Waals surface area contributed by atoms with Crippen LogP contribution in [0, 0.1) is 5.92 Å². The van der Waals surface area contributed by atoms with Gasteiger partial charge in [0.25, 0.3) is 0 Å². The van der Waals surface area contributed by atoms with E-state index in [0.29, 0.717) is 18.4 Å². The Kier molecular flexibility index (Phi) is 4.22. The van der Waals surface area contributed by atoms with Gasteiger partial charge in [-0.05, 0) is 30.0 Å². The second-order valence-electron chi connectivity index (χ2n) is 6.54. The third-order valence-corrected chi connectivity index (χ3v) is 5.19. The maximum Gasteiger partial charge on any atom is 0.143 e. The molecule has 0 fully saturated rings. The number of rotatable bonds is 5. The van der Waals surface area contributed by atoms with Gasteiger partial charge in [0, 0.05) is 11.5 Å². The normalized spacial score (nSPS) is 23.3. The van der Waals surface area contributed by atoms with E-state index in [1.54, 1.807) is 13.2 Å². The first-order valence-corrected chi connectivity index (χ1v) is 8.76. The Labute approximate surface area is 149 Å². The van der Waals surface area contributed by atoms with Crippen LogP contribution in [-0.4, -0.2) is 13.7 Å². The molecule has 0 aromatic heterocycles. The predicted octanol–water partition coefficient (Wildman–Crippen LogP) is 5.09. The zero-order valence-electron chi connectivity index (χ0n) is 14.4. The Morgan fingerprint density at radius 1 is 1.12 bits per heavy atom. The van der Waals surface area contributed by atoms with Crippen molar-refractivity contribution in [1.82, 2.24) is 0 Å². The first-order valence-electron chi connectivity index (χ1n) is 8.76. The van der Waals surface area contributed by atoms with Crippen LogP contribution in [-0.2, 0) is 0 Å². The summed E-state index contributed by atoms with van der Waals surface area (Å²) in [4.78, 5) is 0. The van der Waals surface area contributed by atoms with Crippen molar-refractivity contribution >= 4 is 5.69 Å². The van der Waals surface area contributed by atoms with Crippen molar-refractivity contribution in [3.8, 4) is 11.5 Å². The van der Waals surface area contributed by atoms with E-state index in [9.17, 15) is 0 Å². The van der Waals surface area contributed by atoms with E-state index < -0.39 is 0 Å². The van der Waals surface area contributed by atoms with E-state index in [2.05, 4.69) is 48.3 Å². The van der Waals surface area contributed by atoms with Crippen molar-refractivity contribution in [2.24, 2.45) is 5.92 Å². The zero-order chi connectivity index (χ0) is 17.2. The minimum absolute atomic E-state index is 0.192. The van der Waals surface area contributed by atoms with Gasteiger partial charge in [-0.1, -0.05) is 55.1 Å². The number of nitrogens with one attached hydrogen (secondary N) is 1. The number of methoxy groups -OCH3 is 1. The molecule has 2 aromatic carbocycles. The Morgan fingerprint density at radius 3 is 2.76 bits per heavy atom. The summed E-state index contributed by atoms with van der Waals surface area (Å²) >= 11 is 0. The molecule has 2 aromatic rings. The Balaban J connectivity index is 1.79. The molecule has 0 spiro atoms. The average Bonchev–Trinajstić information content (AvgIpc) is 3.15. The van der Waals surface area contributed by atoms with Crippen molar-refractivity contribution < 1.29 is 9.47 Å². The summed E-state index contributed by atoms with van der Waals surface area (Å²) in [6.07, 6.45) is 7.48. The van der Waals surface area contributed by atoms with Crippen LogP contribution in [0.2, 0.25) is 0 Å². The fourth-order valence-electron chi connectivity index (χ4n) is 4.09. The lowest BCUT2D eigenvalue weighted by Gasteiger charge is -2.38. The van der Waals surface area contributed by atoms with Crippen LogP contribution in [0.5, 0.6) is 11.5 Å². The molecule has 0 radical (unpaired) electrons. The van der Waals surface area contributed by atoms with Crippen molar-refractivity contribution in [3.63, 3.8) is 0 Å². The predicted molar refractivity (Wildman–Crippen MR) is 101 cm³/mol. The highest BCUT2D eigenvalue weighted by Gasteiger charge is 2.39. The first kappa shape index (κ1) is 15.8. The molecule has 0 amide bonds. The molecule has 25 heavy (non-hydrogen) atoms. The third-order valence-electron chi connectivity index (χ3n) is 5.19. The molecule has 0 bridgehead atoms. The molecule has 1 heterocycles. The van der Waals surface area contributed by atoms with Gasteiger partial charge in [-0.15, -0.1) is 0 Å². The molecule has 1 aliphatic heterocycles. The second-order valence-corrected chi connectivity index (χ2v) is 6.54. The number of hydrogen-bond acceptors (Lipinski definition) is 3. The van der Waals surface area contributed by atoms with E-state index in [0.717, 1.165) is 23.6 Å². The van der Waals surface area contributed by atoms with Crippen LogP contribution in [0.3, 0.4) is 0 Å². The Hall–Kier alpha value is -2.68. The summed E-state index contributed by atoms with van der Waals surface area (Å²) in [7, 11) is 1.73. The average molecular weight is 333 g/mol. The zero-order valence-corrected chi connectivity index (χ0v) is 14.4. The summed E-state index contributed by atoms with van der Waals surface area (Å²) < 4.78 is 11.5. The monoisotopic (exact) mass is 333 g/mol. The van der Waals surface area contributed by atoms with Crippen LogP contribution >= 0.6 is 0 Å². The van der Waals surface area contributed by atoms with Crippen LogP contribution in [0.1, 0.15) is 29.5 Å². The lowest BCUT2D eigenvalue weighted by molar-refractivity contribution is 0.355. The van der Waals surface area contributed by atoms with E-state index in [1.165, 1.54) is 11.1 Å². The summed E-state index contributed by atoms with van der Waals surface area (Å²) in [5.41, 5.74) is 3.60. The second kappa shape index (κ2) is 6.67. The molecular weight excluding hydrogens is 310 g/mol. The molecular formula is C22H23NO2. The number of hydrogen-bond donors (Lipinski definition) is 1. The number of ether oxygens (including phenoxy) is 2. The molecule has 0 saturated heterocycles. The summed E-state index contributed by atoms with van der Waals surface area (Å²) in [5, 5.41) is 3.76. The molecule has 2 aliphatic rings. The fraction of sp³-hybridized carbons (Fsp3) is 0.273.